The van der Waals surface area contributed by atoms with Crippen molar-refractivity contribution in [2.75, 3.05) is 6.79 Å². The lowest BCUT2D eigenvalue weighted by Crippen LogP contribution is -2.19. The summed E-state index contributed by atoms with van der Waals surface area (Å²) < 4.78 is 10.2. The molecule has 0 amide bonds. The van der Waals surface area contributed by atoms with Crippen molar-refractivity contribution in [3.05, 3.63) is 28.3 Å². The van der Waals surface area contributed by atoms with Crippen molar-refractivity contribution in [1.29, 1.82) is 0 Å². The van der Waals surface area contributed by atoms with Gasteiger partial charge >= 0.3 is 11.9 Å². The summed E-state index contributed by atoms with van der Waals surface area (Å²) in [5.74, 6) is -2.18. The molecule has 1 aromatic carbocycles. The van der Waals surface area contributed by atoms with Crippen LogP contribution in [0.3, 0.4) is 0 Å². The molecule has 0 radical (unpaired) electrons. The molecule has 0 saturated carbocycles. The van der Waals surface area contributed by atoms with Crippen molar-refractivity contribution in [2.45, 2.75) is 13.5 Å². The maximum Gasteiger partial charge on any atom is 0.337 e. The normalized spacial score (nSPS) is 13.7. The van der Waals surface area contributed by atoms with E-state index in [-0.39, 0.29) is 30.1 Å². The summed E-state index contributed by atoms with van der Waals surface area (Å²) in [6.45, 7) is 1.75. The summed E-state index contributed by atoms with van der Waals surface area (Å²) in [6, 6.07) is 1.30. The van der Waals surface area contributed by atoms with Gasteiger partial charge < -0.3 is 19.7 Å². The van der Waals surface area contributed by atoms with Crippen LogP contribution in [-0.4, -0.2) is 28.9 Å². The molecule has 2 rings (SSSR count). The van der Waals surface area contributed by atoms with Gasteiger partial charge in [0.25, 0.3) is 0 Å². The Morgan fingerprint density at radius 2 is 2.00 bits per heavy atom. The minimum absolute atomic E-state index is 0.0406. The van der Waals surface area contributed by atoms with Gasteiger partial charge in [-0.2, -0.15) is 0 Å². The Morgan fingerprint density at radius 1 is 1.29 bits per heavy atom. The molecule has 0 unspecified atom stereocenters. The first-order valence-electron chi connectivity index (χ1n) is 4.86. The highest BCUT2D eigenvalue weighted by molar-refractivity contribution is 6.03. The van der Waals surface area contributed by atoms with E-state index in [1.165, 1.54) is 6.07 Å². The van der Waals surface area contributed by atoms with Gasteiger partial charge in [-0.25, -0.2) is 9.59 Å². The van der Waals surface area contributed by atoms with Crippen LogP contribution in [0.5, 0.6) is 5.75 Å². The second-order valence-electron chi connectivity index (χ2n) is 3.64. The molecule has 2 N–H and O–H groups in total. The third kappa shape index (κ3) is 1.83. The van der Waals surface area contributed by atoms with E-state index in [1.54, 1.807) is 6.92 Å². The van der Waals surface area contributed by atoms with Crippen molar-refractivity contribution >= 4 is 11.9 Å². The van der Waals surface area contributed by atoms with Crippen molar-refractivity contribution in [2.24, 2.45) is 0 Å². The molecular formula is C11H10O6. The van der Waals surface area contributed by atoms with E-state index < -0.39 is 11.9 Å². The number of aryl methyl sites for hydroxylation is 1. The highest BCUT2D eigenvalue weighted by Crippen LogP contribution is 2.33. The van der Waals surface area contributed by atoms with Gasteiger partial charge in [-0.1, -0.05) is 0 Å². The molecule has 1 heterocycles. The lowest BCUT2D eigenvalue weighted by atomic mass is 9.96. The fourth-order valence-corrected chi connectivity index (χ4v) is 1.86. The number of carbonyl (C=O) groups is 2. The van der Waals surface area contributed by atoms with Gasteiger partial charge in [-0.15, -0.1) is 0 Å². The molecule has 6 heteroatoms. The number of hydrogen-bond acceptors (Lipinski definition) is 4. The van der Waals surface area contributed by atoms with E-state index in [9.17, 15) is 9.59 Å². The number of ether oxygens (including phenoxy) is 2. The lowest BCUT2D eigenvalue weighted by Gasteiger charge is -2.22. The van der Waals surface area contributed by atoms with Crippen LogP contribution < -0.4 is 4.74 Å². The van der Waals surface area contributed by atoms with Gasteiger partial charge in [0.2, 0.25) is 0 Å². The van der Waals surface area contributed by atoms with Gasteiger partial charge in [0.05, 0.1) is 17.7 Å². The molecule has 1 aliphatic rings. The van der Waals surface area contributed by atoms with Crippen LogP contribution in [0.2, 0.25) is 0 Å². The molecule has 6 nitrogen and oxygen atoms in total. The third-order valence-electron chi connectivity index (χ3n) is 2.54. The zero-order valence-electron chi connectivity index (χ0n) is 9.02. The minimum Gasteiger partial charge on any atom is -0.478 e. The van der Waals surface area contributed by atoms with Crippen LogP contribution in [0.25, 0.3) is 0 Å². The summed E-state index contributed by atoms with van der Waals surface area (Å²) in [4.78, 5) is 22.2. The monoisotopic (exact) mass is 238 g/mol. The van der Waals surface area contributed by atoms with Crippen LogP contribution in [-0.2, 0) is 11.3 Å². The maximum absolute atomic E-state index is 11.1. The molecule has 90 valence electrons. The van der Waals surface area contributed by atoms with Crippen LogP contribution in [0.4, 0.5) is 0 Å². The maximum atomic E-state index is 11.1. The Balaban J connectivity index is 2.75. The second kappa shape index (κ2) is 4.06. The van der Waals surface area contributed by atoms with E-state index >= 15 is 0 Å². The number of benzene rings is 1. The number of rotatable bonds is 2. The quantitative estimate of drug-likeness (QED) is 0.805. The molecule has 0 spiro atoms. The molecule has 0 bridgehead atoms. The average Bonchev–Trinajstić information content (AvgIpc) is 2.28. The largest absolute Gasteiger partial charge is 0.478 e. The number of hydrogen-bond donors (Lipinski definition) is 2. The molecule has 1 aromatic rings. The Kier molecular flexibility index (Phi) is 2.72. The van der Waals surface area contributed by atoms with Gasteiger partial charge in [-0.3, -0.25) is 0 Å². The Bertz CT molecular complexity index is 505. The molecule has 0 saturated heterocycles. The number of aromatic carboxylic acids is 2. The Hall–Kier alpha value is -2.08. The number of fused-ring (bicyclic) bond motifs is 1. The second-order valence-corrected chi connectivity index (χ2v) is 3.64. The van der Waals surface area contributed by atoms with E-state index in [4.69, 9.17) is 19.7 Å². The Morgan fingerprint density at radius 3 is 2.59 bits per heavy atom. The highest BCUT2D eigenvalue weighted by Gasteiger charge is 2.27. The van der Waals surface area contributed by atoms with Crippen molar-refractivity contribution < 1.29 is 29.3 Å². The fourth-order valence-electron chi connectivity index (χ4n) is 1.86. The fraction of sp³-hybridized carbons (Fsp3) is 0.273. The zero-order chi connectivity index (χ0) is 12.6. The first-order chi connectivity index (χ1) is 8.02. The number of carboxylic acid groups (broad SMARTS) is 2. The van der Waals surface area contributed by atoms with Crippen LogP contribution in [0, 0.1) is 6.92 Å². The summed E-state index contributed by atoms with van der Waals surface area (Å²) in [7, 11) is 0. The predicted octanol–water partition coefficient (Wildman–Crippen LogP) is 1.26. The summed E-state index contributed by atoms with van der Waals surface area (Å²) in [6.07, 6.45) is 0. The van der Waals surface area contributed by atoms with Gasteiger partial charge in [0, 0.05) is 5.56 Å². The molecule has 0 aliphatic carbocycles. The number of carboxylic acids is 2. The third-order valence-corrected chi connectivity index (χ3v) is 2.54. The predicted molar refractivity (Wildman–Crippen MR) is 55.4 cm³/mol. The van der Waals surface area contributed by atoms with Crippen molar-refractivity contribution in [3.8, 4) is 5.75 Å². The molecule has 0 fully saturated rings. The van der Waals surface area contributed by atoms with Crippen molar-refractivity contribution in [3.63, 3.8) is 0 Å². The lowest BCUT2D eigenvalue weighted by molar-refractivity contribution is -0.0176. The molecule has 17 heavy (non-hydrogen) atoms. The highest BCUT2D eigenvalue weighted by atomic mass is 16.7. The van der Waals surface area contributed by atoms with Crippen molar-refractivity contribution in [1.82, 2.24) is 0 Å². The minimum atomic E-state index is -1.30. The molecule has 1 aliphatic heterocycles. The Labute approximate surface area is 96.4 Å². The average molecular weight is 238 g/mol. The van der Waals surface area contributed by atoms with Gasteiger partial charge in [-0.05, 0) is 18.6 Å². The van der Waals surface area contributed by atoms with E-state index in [0.717, 1.165) is 0 Å². The van der Waals surface area contributed by atoms with Gasteiger partial charge in [0.1, 0.15) is 5.75 Å². The first-order valence-corrected chi connectivity index (χ1v) is 4.86. The smallest absolute Gasteiger partial charge is 0.337 e. The molecule has 0 atom stereocenters. The summed E-state index contributed by atoms with van der Waals surface area (Å²) >= 11 is 0. The van der Waals surface area contributed by atoms with Crippen LogP contribution in [0.1, 0.15) is 31.8 Å². The standard InChI is InChI=1S/C11H10O6/c1-5-2-6(10(12)13)8(11(14)15)7-3-16-4-17-9(5)7/h2H,3-4H2,1H3,(H,12,13)(H,14,15). The summed E-state index contributed by atoms with van der Waals surface area (Å²) in [5.41, 5.74) is 0.354. The van der Waals surface area contributed by atoms with E-state index in [0.29, 0.717) is 11.3 Å². The zero-order valence-corrected chi connectivity index (χ0v) is 9.02. The summed E-state index contributed by atoms with van der Waals surface area (Å²) in [5, 5.41) is 18.1. The first kappa shape index (κ1) is 11.4. The molecule has 0 aromatic heterocycles. The molecular weight excluding hydrogens is 228 g/mol. The topological polar surface area (TPSA) is 93.1 Å². The van der Waals surface area contributed by atoms with Crippen LogP contribution in [0.15, 0.2) is 6.07 Å². The van der Waals surface area contributed by atoms with Crippen LogP contribution >= 0.6 is 0 Å². The van der Waals surface area contributed by atoms with Gasteiger partial charge in [0.15, 0.2) is 6.79 Å². The van der Waals surface area contributed by atoms with E-state index in [2.05, 4.69) is 0 Å². The van der Waals surface area contributed by atoms with E-state index in [1.807, 2.05) is 0 Å². The SMILES string of the molecule is Cc1cc(C(=O)O)c(C(=O)O)c2c1OCOC2.